The normalized spacial score (nSPS) is 10.4. The SMILES string of the molecule is COc1nccnc1C(=O)c1ccc2ccccc2c1. The van der Waals surface area contributed by atoms with E-state index in [4.69, 9.17) is 4.74 Å². The summed E-state index contributed by atoms with van der Waals surface area (Å²) in [4.78, 5) is 20.6. The van der Waals surface area contributed by atoms with E-state index in [1.165, 1.54) is 19.5 Å². The van der Waals surface area contributed by atoms with Crippen LogP contribution in [0, 0.1) is 0 Å². The molecule has 4 heteroatoms. The molecule has 0 N–H and O–H groups in total. The summed E-state index contributed by atoms with van der Waals surface area (Å²) >= 11 is 0. The van der Waals surface area contributed by atoms with Gasteiger partial charge in [0.1, 0.15) is 0 Å². The van der Waals surface area contributed by atoms with E-state index in [-0.39, 0.29) is 17.4 Å². The highest BCUT2D eigenvalue weighted by Gasteiger charge is 2.17. The Hall–Kier alpha value is -2.75. The minimum atomic E-state index is -0.194. The first-order valence-corrected chi connectivity index (χ1v) is 6.18. The molecular formula is C16H12N2O2. The van der Waals surface area contributed by atoms with Crippen molar-refractivity contribution in [3.63, 3.8) is 0 Å². The van der Waals surface area contributed by atoms with Gasteiger partial charge in [-0.1, -0.05) is 36.4 Å². The molecular weight excluding hydrogens is 252 g/mol. The number of aromatic nitrogens is 2. The van der Waals surface area contributed by atoms with E-state index in [0.717, 1.165) is 10.8 Å². The fraction of sp³-hybridized carbons (Fsp3) is 0.0625. The molecule has 2 aromatic carbocycles. The van der Waals surface area contributed by atoms with Crippen molar-refractivity contribution >= 4 is 16.6 Å². The van der Waals surface area contributed by atoms with Crippen molar-refractivity contribution < 1.29 is 9.53 Å². The monoisotopic (exact) mass is 264 g/mol. The van der Waals surface area contributed by atoms with Gasteiger partial charge in [0.25, 0.3) is 0 Å². The second kappa shape index (κ2) is 5.09. The number of rotatable bonds is 3. The van der Waals surface area contributed by atoms with Crippen LogP contribution in [0.2, 0.25) is 0 Å². The smallest absolute Gasteiger partial charge is 0.243 e. The van der Waals surface area contributed by atoms with Crippen molar-refractivity contribution in [2.75, 3.05) is 7.11 Å². The van der Waals surface area contributed by atoms with Gasteiger partial charge >= 0.3 is 0 Å². The maximum absolute atomic E-state index is 12.5. The molecule has 0 atom stereocenters. The number of fused-ring (bicyclic) bond motifs is 1. The number of hydrogen-bond donors (Lipinski definition) is 0. The molecule has 0 unspecified atom stereocenters. The summed E-state index contributed by atoms with van der Waals surface area (Å²) in [5.74, 6) is 0.0476. The zero-order valence-electron chi connectivity index (χ0n) is 10.9. The van der Waals surface area contributed by atoms with Crippen LogP contribution in [0.15, 0.2) is 54.9 Å². The van der Waals surface area contributed by atoms with Crippen molar-refractivity contribution in [1.82, 2.24) is 9.97 Å². The van der Waals surface area contributed by atoms with Gasteiger partial charge in [0.2, 0.25) is 11.7 Å². The second-order valence-corrected chi connectivity index (χ2v) is 4.31. The van der Waals surface area contributed by atoms with Crippen LogP contribution in [-0.2, 0) is 0 Å². The number of nitrogens with zero attached hydrogens (tertiary/aromatic N) is 2. The fourth-order valence-electron chi connectivity index (χ4n) is 2.10. The highest BCUT2D eigenvalue weighted by Crippen LogP contribution is 2.20. The van der Waals surface area contributed by atoms with Crippen LogP contribution in [0.5, 0.6) is 5.88 Å². The molecule has 0 fully saturated rings. The van der Waals surface area contributed by atoms with Crippen LogP contribution in [0.4, 0.5) is 0 Å². The summed E-state index contributed by atoms with van der Waals surface area (Å²) < 4.78 is 5.08. The van der Waals surface area contributed by atoms with Crippen molar-refractivity contribution in [1.29, 1.82) is 0 Å². The topological polar surface area (TPSA) is 52.1 Å². The molecule has 0 bridgehead atoms. The van der Waals surface area contributed by atoms with Gasteiger partial charge in [0.15, 0.2) is 5.69 Å². The molecule has 4 nitrogen and oxygen atoms in total. The van der Waals surface area contributed by atoms with Crippen molar-refractivity contribution in [3.8, 4) is 5.88 Å². The van der Waals surface area contributed by atoms with Gasteiger partial charge in [-0.15, -0.1) is 0 Å². The van der Waals surface area contributed by atoms with Gasteiger partial charge in [0, 0.05) is 18.0 Å². The van der Waals surface area contributed by atoms with Crippen LogP contribution >= 0.6 is 0 Å². The number of ketones is 1. The maximum Gasteiger partial charge on any atom is 0.243 e. The second-order valence-electron chi connectivity index (χ2n) is 4.31. The van der Waals surface area contributed by atoms with Gasteiger partial charge in [-0.2, -0.15) is 0 Å². The summed E-state index contributed by atoms with van der Waals surface area (Å²) in [7, 11) is 1.47. The molecule has 20 heavy (non-hydrogen) atoms. The molecule has 0 aliphatic rings. The van der Waals surface area contributed by atoms with Crippen molar-refractivity contribution in [3.05, 3.63) is 66.1 Å². The lowest BCUT2D eigenvalue weighted by molar-refractivity contribution is 0.103. The molecule has 0 spiro atoms. The van der Waals surface area contributed by atoms with E-state index in [0.29, 0.717) is 5.56 Å². The zero-order chi connectivity index (χ0) is 13.9. The summed E-state index contributed by atoms with van der Waals surface area (Å²) in [5.41, 5.74) is 0.799. The van der Waals surface area contributed by atoms with Crippen LogP contribution < -0.4 is 4.74 Å². The molecule has 0 radical (unpaired) electrons. The molecule has 1 heterocycles. The fourth-order valence-corrected chi connectivity index (χ4v) is 2.10. The molecule has 0 saturated heterocycles. The molecule has 1 aromatic heterocycles. The third-order valence-corrected chi connectivity index (χ3v) is 3.08. The third kappa shape index (κ3) is 2.12. The quantitative estimate of drug-likeness (QED) is 0.682. The van der Waals surface area contributed by atoms with Crippen LogP contribution in [0.25, 0.3) is 10.8 Å². The molecule has 3 rings (SSSR count). The summed E-state index contributed by atoms with van der Waals surface area (Å²) in [6.07, 6.45) is 2.98. The summed E-state index contributed by atoms with van der Waals surface area (Å²) in [5, 5.41) is 2.11. The molecule has 0 amide bonds. The number of carbonyl (C=O) groups excluding carboxylic acids is 1. The number of methoxy groups -OCH3 is 1. The average Bonchev–Trinajstić information content (AvgIpc) is 2.53. The third-order valence-electron chi connectivity index (χ3n) is 3.08. The Morgan fingerprint density at radius 1 is 1.00 bits per heavy atom. The van der Waals surface area contributed by atoms with Crippen LogP contribution in [-0.4, -0.2) is 22.9 Å². The lowest BCUT2D eigenvalue weighted by Crippen LogP contribution is -2.07. The Morgan fingerprint density at radius 3 is 2.55 bits per heavy atom. The number of benzene rings is 2. The minimum absolute atomic E-state index is 0.194. The zero-order valence-corrected chi connectivity index (χ0v) is 10.9. The Bertz CT molecular complexity index is 784. The first kappa shape index (κ1) is 12.3. The molecule has 0 aliphatic carbocycles. The number of hydrogen-bond acceptors (Lipinski definition) is 4. The summed E-state index contributed by atoms with van der Waals surface area (Å²) in [6.45, 7) is 0. The van der Waals surface area contributed by atoms with Gasteiger partial charge in [0.05, 0.1) is 7.11 Å². The van der Waals surface area contributed by atoms with Gasteiger partial charge < -0.3 is 4.74 Å². The van der Waals surface area contributed by atoms with E-state index in [1.807, 2.05) is 36.4 Å². The van der Waals surface area contributed by atoms with Gasteiger partial charge in [-0.05, 0) is 16.8 Å². The van der Waals surface area contributed by atoms with Gasteiger partial charge in [-0.3, -0.25) is 4.79 Å². The van der Waals surface area contributed by atoms with Crippen LogP contribution in [0.3, 0.4) is 0 Å². The lowest BCUT2D eigenvalue weighted by Gasteiger charge is -2.06. The average molecular weight is 264 g/mol. The van der Waals surface area contributed by atoms with E-state index < -0.39 is 0 Å². The molecule has 3 aromatic rings. The summed E-state index contributed by atoms with van der Waals surface area (Å²) in [6, 6.07) is 13.5. The van der Waals surface area contributed by atoms with Crippen molar-refractivity contribution in [2.24, 2.45) is 0 Å². The maximum atomic E-state index is 12.5. The minimum Gasteiger partial charge on any atom is -0.479 e. The highest BCUT2D eigenvalue weighted by molar-refractivity contribution is 6.10. The Labute approximate surface area is 116 Å². The van der Waals surface area contributed by atoms with E-state index in [9.17, 15) is 4.79 Å². The predicted octanol–water partition coefficient (Wildman–Crippen LogP) is 2.87. The standard InChI is InChI=1S/C16H12N2O2/c1-20-16-14(17-8-9-18-16)15(19)13-7-6-11-4-2-3-5-12(11)10-13/h2-10H,1H3. The first-order chi connectivity index (χ1) is 9.79. The highest BCUT2D eigenvalue weighted by atomic mass is 16.5. The predicted molar refractivity (Wildman–Crippen MR) is 76.0 cm³/mol. The van der Waals surface area contributed by atoms with Crippen molar-refractivity contribution in [2.45, 2.75) is 0 Å². The number of ether oxygens (including phenoxy) is 1. The molecule has 0 saturated carbocycles. The Balaban J connectivity index is 2.08. The van der Waals surface area contributed by atoms with E-state index in [1.54, 1.807) is 6.07 Å². The number of carbonyl (C=O) groups is 1. The Morgan fingerprint density at radius 2 is 1.75 bits per heavy atom. The van der Waals surface area contributed by atoms with E-state index >= 15 is 0 Å². The lowest BCUT2D eigenvalue weighted by atomic mass is 10.0. The van der Waals surface area contributed by atoms with E-state index in [2.05, 4.69) is 9.97 Å². The first-order valence-electron chi connectivity index (χ1n) is 6.18. The molecule has 98 valence electrons. The molecule has 0 aliphatic heterocycles. The van der Waals surface area contributed by atoms with Gasteiger partial charge in [-0.25, -0.2) is 9.97 Å². The Kier molecular flexibility index (Phi) is 3.13. The van der Waals surface area contributed by atoms with Crippen LogP contribution in [0.1, 0.15) is 16.1 Å². The largest absolute Gasteiger partial charge is 0.479 e.